The molecule has 0 radical (unpaired) electrons. The first-order chi connectivity index (χ1) is 9.95. The van der Waals surface area contributed by atoms with Crippen LogP contribution in [0.1, 0.15) is 23.1 Å². The van der Waals surface area contributed by atoms with E-state index < -0.39 is 5.60 Å². The van der Waals surface area contributed by atoms with Gasteiger partial charge in [-0.1, -0.05) is 28.1 Å². The normalized spacial score (nSPS) is 21.1. The summed E-state index contributed by atoms with van der Waals surface area (Å²) in [6.45, 7) is 0. The summed E-state index contributed by atoms with van der Waals surface area (Å²) in [6.07, 6.45) is 2.78. The Kier molecular flexibility index (Phi) is 4.21. The number of halogens is 3. The summed E-state index contributed by atoms with van der Waals surface area (Å²) in [6, 6.07) is 11.2. The minimum atomic E-state index is -0.752. The van der Waals surface area contributed by atoms with E-state index in [2.05, 4.69) is 44.0 Å². The van der Waals surface area contributed by atoms with Gasteiger partial charge in [0.25, 0.3) is 0 Å². The lowest BCUT2D eigenvalue weighted by atomic mass is 9.77. The standard InChI is InChI=1S/C17H15Br2FO/c18-14-3-2-13-10-17(21,6-5-12(13)8-14)9-11-1-4-16(20)15(19)7-11/h1-4,7-8,21H,5-6,9-10H2. The van der Waals surface area contributed by atoms with Gasteiger partial charge in [-0.25, -0.2) is 4.39 Å². The molecule has 21 heavy (non-hydrogen) atoms. The molecule has 0 bridgehead atoms. The summed E-state index contributed by atoms with van der Waals surface area (Å²) in [7, 11) is 0. The van der Waals surface area contributed by atoms with Crippen LogP contribution >= 0.6 is 31.9 Å². The third-order valence-electron chi connectivity index (χ3n) is 4.06. The predicted molar refractivity (Wildman–Crippen MR) is 88.9 cm³/mol. The second-order valence-corrected chi connectivity index (χ2v) is 7.51. The van der Waals surface area contributed by atoms with Crippen molar-refractivity contribution in [3.63, 3.8) is 0 Å². The van der Waals surface area contributed by atoms with Crippen molar-refractivity contribution in [2.45, 2.75) is 31.3 Å². The Morgan fingerprint density at radius 3 is 2.67 bits per heavy atom. The van der Waals surface area contributed by atoms with E-state index in [1.165, 1.54) is 17.2 Å². The quantitative estimate of drug-likeness (QED) is 0.748. The van der Waals surface area contributed by atoms with Gasteiger partial charge >= 0.3 is 0 Å². The zero-order chi connectivity index (χ0) is 15.0. The molecular formula is C17H15Br2FO. The van der Waals surface area contributed by atoms with Gasteiger partial charge < -0.3 is 5.11 Å². The first-order valence-electron chi connectivity index (χ1n) is 6.89. The van der Waals surface area contributed by atoms with Crippen molar-refractivity contribution >= 4 is 31.9 Å². The highest BCUT2D eigenvalue weighted by atomic mass is 79.9. The average Bonchev–Trinajstić information content (AvgIpc) is 2.43. The van der Waals surface area contributed by atoms with Gasteiger partial charge in [-0.15, -0.1) is 0 Å². The molecule has 2 aromatic rings. The number of fused-ring (bicyclic) bond motifs is 1. The summed E-state index contributed by atoms with van der Waals surface area (Å²) < 4.78 is 14.8. The van der Waals surface area contributed by atoms with Gasteiger partial charge in [0.15, 0.2) is 0 Å². The Hall–Kier alpha value is -0.710. The maximum Gasteiger partial charge on any atom is 0.137 e. The van der Waals surface area contributed by atoms with Crippen molar-refractivity contribution in [1.82, 2.24) is 0 Å². The maximum absolute atomic E-state index is 13.3. The minimum absolute atomic E-state index is 0.274. The second kappa shape index (κ2) is 5.82. The van der Waals surface area contributed by atoms with Crippen LogP contribution in [-0.2, 0) is 19.3 Å². The van der Waals surface area contributed by atoms with E-state index in [-0.39, 0.29) is 5.82 Å². The molecular weight excluding hydrogens is 399 g/mol. The van der Waals surface area contributed by atoms with Crippen LogP contribution in [0.15, 0.2) is 45.3 Å². The van der Waals surface area contributed by atoms with Crippen LogP contribution in [0, 0.1) is 5.82 Å². The van der Waals surface area contributed by atoms with Crippen molar-refractivity contribution in [2.75, 3.05) is 0 Å². The third kappa shape index (κ3) is 3.38. The van der Waals surface area contributed by atoms with E-state index >= 15 is 0 Å². The van der Waals surface area contributed by atoms with Gasteiger partial charge in [-0.3, -0.25) is 0 Å². The average molecular weight is 414 g/mol. The molecule has 2 aromatic carbocycles. The highest BCUT2D eigenvalue weighted by Gasteiger charge is 2.32. The SMILES string of the molecule is OC1(Cc2ccc(F)c(Br)c2)CCc2cc(Br)ccc2C1. The van der Waals surface area contributed by atoms with Crippen LogP contribution in [0.2, 0.25) is 0 Å². The van der Waals surface area contributed by atoms with Crippen molar-refractivity contribution in [3.8, 4) is 0 Å². The molecule has 0 fully saturated rings. The summed E-state index contributed by atoms with van der Waals surface area (Å²) in [5.41, 5.74) is 2.70. The zero-order valence-electron chi connectivity index (χ0n) is 11.4. The van der Waals surface area contributed by atoms with Crippen molar-refractivity contribution in [2.24, 2.45) is 0 Å². The Bertz CT molecular complexity index is 686. The summed E-state index contributed by atoms with van der Waals surface area (Å²) in [4.78, 5) is 0. The summed E-state index contributed by atoms with van der Waals surface area (Å²) in [5, 5.41) is 10.9. The lowest BCUT2D eigenvalue weighted by Crippen LogP contribution is -2.38. The largest absolute Gasteiger partial charge is 0.389 e. The summed E-state index contributed by atoms with van der Waals surface area (Å²) in [5.74, 6) is -0.274. The molecule has 4 heteroatoms. The molecule has 1 aliphatic carbocycles. The van der Waals surface area contributed by atoms with E-state index in [4.69, 9.17) is 0 Å². The molecule has 0 aliphatic heterocycles. The fourth-order valence-electron chi connectivity index (χ4n) is 2.99. The molecule has 0 heterocycles. The van der Waals surface area contributed by atoms with Crippen LogP contribution in [0.4, 0.5) is 4.39 Å². The molecule has 1 aliphatic rings. The van der Waals surface area contributed by atoms with Crippen LogP contribution in [0.5, 0.6) is 0 Å². The smallest absolute Gasteiger partial charge is 0.137 e. The highest BCUT2D eigenvalue weighted by Crippen LogP contribution is 2.33. The van der Waals surface area contributed by atoms with E-state index in [1.807, 2.05) is 6.07 Å². The molecule has 1 nitrogen and oxygen atoms in total. The molecule has 0 aromatic heterocycles. The number of aryl methyl sites for hydroxylation is 1. The maximum atomic E-state index is 13.3. The molecule has 3 rings (SSSR count). The van der Waals surface area contributed by atoms with Crippen LogP contribution in [-0.4, -0.2) is 10.7 Å². The lowest BCUT2D eigenvalue weighted by Gasteiger charge is -2.34. The fourth-order valence-corrected chi connectivity index (χ4v) is 3.83. The van der Waals surface area contributed by atoms with E-state index in [9.17, 15) is 9.50 Å². The number of benzene rings is 2. The van der Waals surface area contributed by atoms with Crippen LogP contribution in [0.25, 0.3) is 0 Å². The number of rotatable bonds is 2. The molecule has 0 amide bonds. The van der Waals surface area contributed by atoms with Gasteiger partial charge in [0.2, 0.25) is 0 Å². The number of aliphatic hydroxyl groups is 1. The topological polar surface area (TPSA) is 20.2 Å². The Morgan fingerprint density at radius 2 is 1.90 bits per heavy atom. The van der Waals surface area contributed by atoms with Gasteiger partial charge in [0.05, 0.1) is 10.1 Å². The zero-order valence-corrected chi connectivity index (χ0v) is 14.5. The lowest BCUT2D eigenvalue weighted by molar-refractivity contribution is 0.0267. The predicted octanol–water partition coefficient (Wildman–Crippen LogP) is 4.81. The Morgan fingerprint density at radius 1 is 1.10 bits per heavy atom. The van der Waals surface area contributed by atoms with Crippen LogP contribution < -0.4 is 0 Å². The summed E-state index contributed by atoms with van der Waals surface area (Å²) >= 11 is 6.68. The highest BCUT2D eigenvalue weighted by molar-refractivity contribution is 9.10. The van der Waals surface area contributed by atoms with Crippen molar-refractivity contribution in [1.29, 1.82) is 0 Å². The Balaban J connectivity index is 1.82. The van der Waals surface area contributed by atoms with E-state index in [0.717, 1.165) is 22.9 Å². The van der Waals surface area contributed by atoms with Crippen molar-refractivity contribution < 1.29 is 9.50 Å². The van der Waals surface area contributed by atoms with Gasteiger partial charge in [-0.05, 0) is 69.7 Å². The van der Waals surface area contributed by atoms with Gasteiger partial charge in [-0.2, -0.15) is 0 Å². The molecule has 110 valence electrons. The molecule has 0 saturated carbocycles. The molecule has 1 N–H and O–H groups in total. The second-order valence-electron chi connectivity index (χ2n) is 5.74. The van der Waals surface area contributed by atoms with Gasteiger partial charge in [0.1, 0.15) is 5.82 Å². The fraction of sp³-hybridized carbons (Fsp3) is 0.294. The minimum Gasteiger partial charge on any atom is -0.389 e. The Labute approximate surface area is 140 Å². The first kappa shape index (κ1) is 15.2. The molecule has 0 spiro atoms. The van der Waals surface area contributed by atoms with E-state index in [1.54, 1.807) is 12.1 Å². The van der Waals surface area contributed by atoms with Gasteiger partial charge in [0, 0.05) is 17.3 Å². The van der Waals surface area contributed by atoms with Crippen molar-refractivity contribution in [3.05, 3.63) is 67.9 Å². The number of hydrogen-bond donors (Lipinski definition) is 1. The number of hydrogen-bond acceptors (Lipinski definition) is 1. The van der Waals surface area contributed by atoms with E-state index in [0.29, 0.717) is 17.3 Å². The third-order valence-corrected chi connectivity index (χ3v) is 5.17. The first-order valence-corrected chi connectivity index (χ1v) is 8.47. The molecule has 1 unspecified atom stereocenters. The molecule has 1 atom stereocenters. The monoisotopic (exact) mass is 412 g/mol. The van der Waals surface area contributed by atoms with Crippen LogP contribution in [0.3, 0.4) is 0 Å². The molecule has 0 saturated heterocycles.